The molecule has 0 atom stereocenters. The van der Waals surface area contributed by atoms with Crippen molar-refractivity contribution in [3.05, 3.63) is 11.9 Å². The quantitative estimate of drug-likeness (QED) is 0.762. The van der Waals surface area contributed by atoms with Gasteiger partial charge in [-0.2, -0.15) is 13.9 Å². The molecule has 72 valence electrons. The van der Waals surface area contributed by atoms with Gasteiger partial charge in [0.2, 0.25) is 0 Å². The second-order valence-corrected chi connectivity index (χ2v) is 2.12. The highest BCUT2D eigenvalue weighted by molar-refractivity contribution is 5.84. The highest BCUT2D eigenvalue weighted by atomic mass is 19.3. The van der Waals surface area contributed by atoms with Gasteiger partial charge in [-0.1, -0.05) is 0 Å². The van der Waals surface area contributed by atoms with Crippen molar-refractivity contribution in [1.82, 2.24) is 15.0 Å². The minimum Gasteiger partial charge on any atom is -0.476 e. The third kappa shape index (κ3) is 1.76. The third-order valence-corrected chi connectivity index (χ3v) is 1.16. The van der Waals surface area contributed by atoms with Crippen LogP contribution in [0.3, 0.4) is 0 Å². The molecule has 0 saturated heterocycles. The lowest BCUT2D eigenvalue weighted by atomic mass is 10.5. The van der Waals surface area contributed by atoms with E-state index in [1.54, 1.807) is 0 Å². The number of carboxylic acids is 1. The fourth-order valence-corrected chi connectivity index (χ4v) is 0.572. The summed E-state index contributed by atoms with van der Waals surface area (Å²) < 4.78 is 36.5. The number of rotatable bonds is 3. The molecule has 0 amide bonds. The van der Waals surface area contributed by atoms with E-state index >= 15 is 0 Å². The van der Waals surface area contributed by atoms with Crippen LogP contribution in [0.2, 0.25) is 0 Å². The molecule has 0 spiro atoms. The number of nitrogens with zero attached hydrogens (tertiary/aromatic N) is 3. The van der Waals surface area contributed by atoms with E-state index in [0.29, 0.717) is 6.20 Å². The van der Waals surface area contributed by atoms with Crippen LogP contribution in [0.15, 0.2) is 6.20 Å². The number of hydrogen-bond donors (Lipinski definition) is 1. The molecule has 0 aliphatic heterocycles. The van der Waals surface area contributed by atoms with Crippen molar-refractivity contribution in [2.75, 3.05) is 6.67 Å². The SMILES string of the molecule is O=C(O)c1cnn(C(F)(F)CF)n1. The zero-order valence-corrected chi connectivity index (χ0v) is 6.12. The molecule has 8 heteroatoms. The van der Waals surface area contributed by atoms with Crippen LogP contribution in [0.25, 0.3) is 0 Å². The maximum atomic E-state index is 12.4. The van der Waals surface area contributed by atoms with Gasteiger partial charge in [-0.15, -0.1) is 9.90 Å². The average Bonchev–Trinajstić information content (AvgIpc) is 2.52. The Kier molecular flexibility index (Phi) is 2.22. The number of aromatic carboxylic acids is 1. The summed E-state index contributed by atoms with van der Waals surface area (Å²) in [5.74, 6) is -1.50. The normalized spacial score (nSPS) is 11.6. The molecule has 0 radical (unpaired) electrons. The number of halogens is 3. The van der Waals surface area contributed by atoms with Crippen LogP contribution >= 0.6 is 0 Å². The molecule has 0 saturated carbocycles. The summed E-state index contributed by atoms with van der Waals surface area (Å²) in [6, 6.07) is -3.90. The Morgan fingerprint density at radius 2 is 2.31 bits per heavy atom. The number of carboxylic acid groups (broad SMARTS) is 1. The van der Waals surface area contributed by atoms with E-state index in [1.807, 2.05) is 0 Å². The molecule has 0 aliphatic rings. The predicted octanol–water partition coefficient (Wildman–Crippen LogP) is 0.495. The van der Waals surface area contributed by atoms with Crippen molar-refractivity contribution in [3.63, 3.8) is 0 Å². The highest BCUT2D eigenvalue weighted by Gasteiger charge is 2.34. The summed E-state index contributed by atoms with van der Waals surface area (Å²) in [6.07, 6.45) is 0.617. The maximum absolute atomic E-state index is 12.4. The Morgan fingerprint density at radius 1 is 1.69 bits per heavy atom. The lowest BCUT2D eigenvalue weighted by Crippen LogP contribution is -2.28. The van der Waals surface area contributed by atoms with E-state index in [-0.39, 0.29) is 4.80 Å². The third-order valence-electron chi connectivity index (χ3n) is 1.16. The topological polar surface area (TPSA) is 68.0 Å². The van der Waals surface area contributed by atoms with E-state index < -0.39 is 24.4 Å². The number of hydrogen-bond acceptors (Lipinski definition) is 3. The summed E-state index contributed by atoms with van der Waals surface area (Å²) in [4.78, 5) is 9.91. The molecular formula is C5H4F3N3O2. The molecule has 0 aliphatic carbocycles. The van der Waals surface area contributed by atoms with Crippen molar-refractivity contribution in [1.29, 1.82) is 0 Å². The Bertz CT molecular complexity index is 325. The molecule has 1 aromatic heterocycles. The fraction of sp³-hybridized carbons (Fsp3) is 0.400. The van der Waals surface area contributed by atoms with Crippen LogP contribution in [0.1, 0.15) is 10.5 Å². The van der Waals surface area contributed by atoms with Crippen molar-refractivity contribution in [2.24, 2.45) is 0 Å². The lowest BCUT2D eigenvalue weighted by molar-refractivity contribution is -0.120. The zero-order chi connectivity index (χ0) is 10.1. The van der Waals surface area contributed by atoms with Crippen molar-refractivity contribution in [3.8, 4) is 0 Å². The minimum atomic E-state index is -3.90. The first-order valence-electron chi connectivity index (χ1n) is 3.07. The van der Waals surface area contributed by atoms with E-state index in [9.17, 15) is 18.0 Å². The monoisotopic (exact) mass is 195 g/mol. The van der Waals surface area contributed by atoms with Gasteiger partial charge in [0.25, 0.3) is 0 Å². The van der Waals surface area contributed by atoms with Crippen LogP contribution in [0.5, 0.6) is 0 Å². The van der Waals surface area contributed by atoms with E-state index in [0.717, 1.165) is 0 Å². The smallest absolute Gasteiger partial charge is 0.386 e. The van der Waals surface area contributed by atoms with E-state index in [1.165, 1.54) is 0 Å². The second-order valence-electron chi connectivity index (χ2n) is 2.12. The molecule has 0 bridgehead atoms. The number of carbonyl (C=O) groups is 1. The van der Waals surface area contributed by atoms with Gasteiger partial charge in [-0.25, -0.2) is 9.18 Å². The number of alkyl halides is 3. The van der Waals surface area contributed by atoms with Gasteiger partial charge in [0, 0.05) is 0 Å². The molecular weight excluding hydrogens is 191 g/mol. The molecule has 1 N–H and O–H groups in total. The zero-order valence-electron chi connectivity index (χ0n) is 6.12. The summed E-state index contributed by atoms with van der Waals surface area (Å²) in [6.45, 7) is -1.99. The molecule has 0 fully saturated rings. The molecule has 0 unspecified atom stereocenters. The number of aromatic nitrogens is 3. The Morgan fingerprint density at radius 3 is 2.69 bits per heavy atom. The Balaban J connectivity index is 2.98. The molecule has 0 aromatic carbocycles. The summed E-state index contributed by atoms with van der Waals surface area (Å²) in [5, 5.41) is 14.1. The molecule has 5 nitrogen and oxygen atoms in total. The van der Waals surface area contributed by atoms with Gasteiger partial charge in [0.1, 0.15) is 0 Å². The van der Waals surface area contributed by atoms with Gasteiger partial charge in [0.15, 0.2) is 12.4 Å². The Labute approximate surface area is 69.8 Å². The van der Waals surface area contributed by atoms with Crippen LogP contribution < -0.4 is 0 Å². The van der Waals surface area contributed by atoms with Gasteiger partial charge in [-0.3, -0.25) is 0 Å². The molecule has 1 heterocycles. The predicted molar refractivity (Wildman–Crippen MR) is 33.1 cm³/mol. The molecule has 1 aromatic rings. The molecule has 13 heavy (non-hydrogen) atoms. The highest BCUT2D eigenvalue weighted by Crippen LogP contribution is 2.18. The Hall–Kier alpha value is -1.60. The van der Waals surface area contributed by atoms with Crippen molar-refractivity contribution < 1.29 is 23.1 Å². The van der Waals surface area contributed by atoms with Crippen LogP contribution in [0, 0.1) is 0 Å². The van der Waals surface area contributed by atoms with Gasteiger partial charge < -0.3 is 5.11 Å². The van der Waals surface area contributed by atoms with Gasteiger partial charge in [0.05, 0.1) is 6.20 Å². The van der Waals surface area contributed by atoms with Crippen LogP contribution in [-0.4, -0.2) is 32.7 Å². The summed E-state index contributed by atoms with van der Waals surface area (Å²) >= 11 is 0. The van der Waals surface area contributed by atoms with Gasteiger partial charge >= 0.3 is 12.0 Å². The summed E-state index contributed by atoms with van der Waals surface area (Å²) in [7, 11) is 0. The summed E-state index contributed by atoms with van der Waals surface area (Å²) in [5.41, 5.74) is -0.659. The van der Waals surface area contributed by atoms with Crippen LogP contribution in [-0.2, 0) is 6.05 Å². The van der Waals surface area contributed by atoms with Crippen molar-refractivity contribution in [2.45, 2.75) is 6.05 Å². The first kappa shape index (κ1) is 9.49. The first-order chi connectivity index (χ1) is 5.97. The standard InChI is InChI=1S/C5H4F3N3O2/c6-2-5(7,8)11-9-1-3(10-11)4(12)13/h1H,2H2,(H,12,13). The maximum Gasteiger partial charge on any atom is 0.386 e. The van der Waals surface area contributed by atoms with Crippen molar-refractivity contribution >= 4 is 5.97 Å². The average molecular weight is 195 g/mol. The fourth-order valence-electron chi connectivity index (χ4n) is 0.572. The second kappa shape index (κ2) is 3.04. The first-order valence-corrected chi connectivity index (χ1v) is 3.07. The van der Waals surface area contributed by atoms with Gasteiger partial charge in [-0.05, 0) is 0 Å². The largest absolute Gasteiger partial charge is 0.476 e. The lowest BCUT2D eigenvalue weighted by Gasteiger charge is -2.09. The van der Waals surface area contributed by atoms with Crippen LogP contribution in [0.4, 0.5) is 13.2 Å². The minimum absolute atomic E-state index is 0.267. The van der Waals surface area contributed by atoms with E-state index in [4.69, 9.17) is 5.11 Å². The van der Waals surface area contributed by atoms with E-state index in [2.05, 4.69) is 10.2 Å². The molecule has 1 rings (SSSR count).